The molecule has 1 aromatic heterocycles. The molecule has 0 saturated heterocycles. The molecule has 8 nitrogen and oxygen atoms in total. The van der Waals surface area contributed by atoms with Gasteiger partial charge in [-0.1, -0.05) is 43.5 Å². The van der Waals surface area contributed by atoms with Gasteiger partial charge in [-0.3, -0.25) is 0 Å². The van der Waals surface area contributed by atoms with Gasteiger partial charge in [-0.25, -0.2) is 22.6 Å². The molecule has 45 heavy (non-hydrogen) atoms. The van der Waals surface area contributed by atoms with Crippen molar-refractivity contribution < 1.29 is 27.4 Å². The number of hydrogen-bond acceptors (Lipinski definition) is 7. The number of ether oxygens (including phenoxy) is 1. The van der Waals surface area contributed by atoms with Crippen LogP contribution in [0.3, 0.4) is 0 Å². The minimum absolute atomic E-state index is 0.0955. The molecule has 1 N–H and O–H groups in total. The Morgan fingerprint density at radius 3 is 2.58 bits per heavy atom. The first-order valence-corrected chi connectivity index (χ1v) is 17.6. The van der Waals surface area contributed by atoms with E-state index in [1.165, 1.54) is 27.8 Å². The summed E-state index contributed by atoms with van der Waals surface area (Å²) in [5, 5.41) is 11.6. The molecule has 11 heteroatoms. The zero-order valence-corrected chi connectivity index (χ0v) is 26.7. The lowest BCUT2D eigenvalue weighted by Gasteiger charge is -2.36. The number of likely N-dealkylation sites (N-methyl/N-ethyl adjacent to an activating group) is 1. The van der Waals surface area contributed by atoms with Gasteiger partial charge in [-0.2, -0.15) is 4.31 Å². The number of aromatic carboxylic acids is 1. The van der Waals surface area contributed by atoms with Crippen molar-refractivity contribution in [3.8, 4) is 16.9 Å². The number of nitrogens with zero attached hydrogens (tertiary/aromatic N) is 3. The standard InChI is InChI=1S/C34H36FN3O5S2/c1-37-31(23-9-4-2-5-10-23)20-38(26-12-6-3-7-13-26)30-19-32(43-16-8-11-25-21-44-22-36-25)27(18-33(30)45(37,41)42)24-14-15-29(35)28(17-24)34(39)40/h3,6-7,12-15,17-19,21-23,31H,2,4-5,8-11,16,20H2,1H3,(H,39,40)/t31-/m0/s1. The van der Waals surface area contributed by atoms with Crippen LogP contribution in [0.4, 0.5) is 15.8 Å². The summed E-state index contributed by atoms with van der Waals surface area (Å²) in [4.78, 5) is 18.3. The first kappa shape index (κ1) is 31.2. The van der Waals surface area contributed by atoms with Crippen molar-refractivity contribution >= 4 is 38.7 Å². The Morgan fingerprint density at radius 1 is 1.09 bits per heavy atom. The minimum atomic E-state index is -3.99. The molecule has 0 unspecified atom stereocenters. The fourth-order valence-electron chi connectivity index (χ4n) is 6.52. The zero-order chi connectivity index (χ0) is 31.6. The third kappa shape index (κ3) is 6.47. The number of fused-ring (bicyclic) bond motifs is 1. The Kier molecular flexibility index (Phi) is 9.21. The summed E-state index contributed by atoms with van der Waals surface area (Å²) in [5.41, 5.74) is 4.33. The van der Waals surface area contributed by atoms with Crippen molar-refractivity contribution in [1.29, 1.82) is 0 Å². The molecular formula is C34H36FN3O5S2. The molecule has 2 aliphatic rings. The molecule has 236 valence electrons. The van der Waals surface area contributed by atoms with Crippen LogP contribution < -0.4 is 9.64 Å². The predicted molar refractivity (Wildman–Crippen MR) is 173 cm³/mol. The third-order valence-electron chi connectivity index (χ3n) is 8.93. The lowest BCUT2D eigenvalue weighted by atomic mass is 9.83. The number of carboxylic acids is 1. The van der Waals surface area contributed by atoms with E-state index >= 15 is 0 Å². The highest BCUT2D eigenvalue weighted by Crippen LogP contribution is 2.45. The topological polar surface area (TPSA) is 100 Å². The molecule has 0 spiro atoms. The van der Waals surface area contributed by atoms with Crippen LogP contribution in [0, 0.1) is 11.7 Å². The highest BCUT2D eigenvalue weighted by atomic mass is 32.2. The van der Waals surface area contributed by atoms with E-state index < -0.39 is 27.4 Å². The number of anilines is 2. The van der Waals surface area contributed by atoms with Crippen LogP contribution >= 0.6 is 11.3 Å². The quantitative estimate of drug-likeness (QED) is 0.189. The Hall–Kier alpha value is -3.80. The molecule has 1 atom stereocenters. The number of rotatable bonds is 9. The van der Waals surface area contributed by atoms with Gasteiger partial charge in [-0.05, 0) is 67.5 Å². The SMILES string of the molecule is CN1[C@H](C2CCCCC2)CN(c2ccccc2)c2cc(OCCCc3cscn3)c(-c3ccc(F)c(C(=O)O)c3)cc2S1(=O)=O. The number of aryl methyl sites for hydroxylation is 1. The van der Waals surface area contributed by atoms with Crippen molar-refractivity contribution in [2.45, 2.75) is 55.9 Å². The number of hydrogen-bond donors (Lipinski definition) is 1. The van der Waals surface area contributed by atoms with E-state index in [1.807, 2.05) is 35.7 Å². The summed E-state index contributed by atoms with van der Waals surface area (Å²) in [7, 11) is -2.33. The van der Waals surface area contributed by atoms with Gasteiger partial charge < -0.3 is 14.7 Å². The van der Waals surface area contributed by atoms with Crippen LogP contribution in [0.25, 0.3) is 11.1 Å². The van der Waals surface area contributed by atoms with Crippen LogP contribution in [0.2, 0.25) is 0 Å². The largest absolute Gasteiger partial charge is 0.493 e. The summed E-state index contributed by atoms with van der Waals surface area (Å²) >= 11 is 1.53. The average molecular weight is 650 g/mol. The highest BCUT2D eigenvalue weighted by Gasteiger charge is 2.41. The Morgan fingerprint density at radius 2 is 1.87 bits per heavy atom. The Balaban J connectivity index is 1.50. The number of benzene rings is 3. The van der Waals surface area contributed by atoms with Crippen LogP contribution in [0.15, 0.2) is 76.4 Å². The number of aromatic nitrogens is 1. The van der Waals surface area contributed by atoms with Crippen LogP contribution in [0.5, 0.6) is 5.75 Å². The van der Waals surface area contributed by atoms with Crippen molar-refractivity contribution in [2.24, 2.45) is 5.92 Å². The van der Waals surface area contributed by atoms with Crippen LogP contribution in [0.1, 0.15) is 54.6 Å². The third-order valence-corrected chi connectivity index (χ3v) is 11.5. The number of sulfonamides is 1. The van der Waals surface area contributed by atoms with E-state index in [2.05, 4.69) is 9.88 Å². The van der Waals surface area contributed by atoms with Crippen molar-refractivity contribution in [2.75, 3.05) is 25.1 Å². The molecule has 4 aromatic rings. The maximum absolute atomic E-state index is 14.5. The van der Waals surface area contributed by atoms with E-state index in [0.29, 0.717) is 48.6 Å². The van der Waals surface area contributed by atoms with Crippen LogP contribution in [-0.2, 0) is 16.4 Å². The second-order valence-electron chi connectivity index (χ2n) is 11.7. The molecule has 0 radical (unpaired) electrons. The lowest BCUT2D eigenvalue weighted by molar-refractivity contribution is 0.0692. The fraction of sp³-hybridized carbons (Fsp3) is 0.353. The van der Waals surface area contributed by atoms with Gasteiger partial charge in [0.25, 0.3) is 0 Å². The lowest BCUT2D eigenvalue weighted by Crippen LogP contribution is -2.46. The van der Waals surface area contributed by atoms with Crippen molar-refractivity contribution in [3.05, 3.63) is 88.6 Å². The molecule has 0 amide bonds. The summed E-state index contributed by atoms with van der Waals surface area (Å²) in [6.45, 7) is 0.790. The Bertz CT molecular complexity index is 1760. The summed E-state index contributed by atoms with van der Waals surface area (Å²) < 4.78 is 51.3. The summed E-state index contributed by atoms with van der Waals surface area (Å²) in [6, 6.07) is 16.6. The van der Waals surface area contributed by atoms with E-state index in [9.17, 15) is 22.7 Å². The van der Waals surface area contributed by atoms with Gasteiger partial charge in [0.2, 0.25) is 10.0 Å². The van der Waals surface area contributed by atoms with Gasteiger partial charge in [0, 0.05) is 42.3 Å². The second kappa shape index (κ2) is 13.3. The average Bonchev–Trinajstić information content (AvgIpc) is 3.55. The molecule has 2 heterocycles. The van der Waals surface area contributed by atoms with Gasteiger partial charge in [-0.15, -0.1) is 11.3 Å². The molecule has 1 aliphatic heterocycles. The van der Waals surface area contributed by atoms with Gasteiger partial charge in [0.05, 0.1) is 29.1 Å². The number of halogens is 1. The van der Waals surface area contributed by atoms with E-state index in [-0.39, 0.29) is 16.9 Å². The van der Waals surface area contributed by atoms with E-state index in [1.54, 1.807) is 24.7 Å². The molecular weight excluding hydrogens is 614 g/mol. The summed E-state index contributed by atoms with van der Waals surface area (Å²) in [5.74, 6) is -1.67. The molecule has 6 rings (SSSR count). The highest BCUT2D eigenvalue weighted by molar-refractivity contribution is 7.89. The first-order chi connectivity index (χ1) is 21.7. The predicted octanol–water partition coefficient (Wildman–Crippen LogP) is 7.38. The van der Waals surface area contributed by atoms with Gasteiger partial charge >= 0.3 is 5.97 Å². The second-order valence-corrected chi connectivity index (χ2v) is 14.4. The maximum Gasteiger partial charge on any atom is 0.338 e. The zero-order valence-electron chi connectivity index (χ0n) is 25.1. The van der Waals surface area contributed by atoms with E-state index in [4.69, 9.17) is 4.74 Å². The van der Waals surface area contributed by atoms with Crippen molar-refractivity contribution in [3.63, 3.8) is 0 Å². The molecule has 0 bridgehead atoms. The number of para-hydroxylation sites is 1. The smallest absolute Gasteiger partial charge is 0.338 e. The summed E-state index contributed by atoms with van der Waals surface area (Å²) in [6.07, 6.45) is 6.62. The van der Waals surface area contributed by atoms with Crippen LogP contribution in [-0.4, -0.2) is 55.0 Å². The van der Waals surface area contributed by atoms with E-state index in [0.717, 1.165) is 49.6 Å². The van der Waals surface area contributed by atoms with Gasteiger partial charge in [0.15, 0.2) is 0 Å². The van der Waals surface area contributed by atoms with Gasteiger partial charge in [0.1, 0.15) is 16.5 Å². The molecule has 1 aliphatic carbocycles. The molecule has 1 saturated carbocycles. The maximum atomic E-state index is 14.5. The monoisotopic (exact) mass is 649 g/mol. The molecule has 3 aromatic carbocycles. The number of thiazole rings is 1. The number of carbonyl (C=O) groups is 1. The van der Waals surface area contributed by atoms with Crippen molar-refractivity contribution in [1.82, 2.24) is 9.29 Å². The Labute approximate surface area is 267 Å². The normalized spacial score (nSPS) is 18.7. The first-order valence-electron chi connectivity index (χ1n) is 15.3. The minimum Gasteiger partial charge on any atom is -0.493 e. The number of carboxylic acid groups (broad SMARTS) is 1. The fourth-order valence-corrected chi connectivity index (χ4v) is 8.71. The molecule has 1 fully saturated rings.